The molecule has 90 valence electrons. The molecule has 1 aliphatic rings. The van der Waals surface area contributed by atoms with Crippen LogP contribution in [0.25, 0.3) is 0 Å². The molecule has 1 aliphatic heterocycles. The molecule has 0 radical (unpaired) electrons. The molecule has 0 aromatic heterocycles. The third kappa shape index (κ3) is 4.98. The van der Waals surface area contributed by atoms with Gasteiger partial charge in [-0.3, -0.25) is 0 Å². The molecule has 0 aliphatic carbocycles. The van der Waals surface area contributed by atoms with Crippen LogP contribution in [0.15, 0.2) is 0 Å². The lowest BCUT2D eigenvalue weighted by atomic mass is 10.0. The Morgan fingerprint density at radius 2 is 2.07 bits per heavy atom. The van der Waals surface area contributed by atoms with Crippen LogP contribution in [0.5, 0.6) is 0 Å². The van der Waals surface area contributed by atoms with Gasteiger partial charge >= 0.3 is 0 Å². The van der Waals surface area contributed by atoms with Crippen LogP contribution in [0.1, 0.15) is 40.5 Å². The maximum atomic E-state index is 3.60. The first-order chi connectivity index (χ1) is 7.09. The lowest BCUT2D eigenvalue weighted by molar-refractivity contribution is 0.182. The number of piperidine rings is 1. The zero-order valence-electron chi connectivity index (χ0n) is 10.9. The Bertz CT molecular complexity index is 168. The topological polar surface area (TPSA) is 15.3 Å². The molecule has 2 nitrogen and oxygen atoms in total. The largest absolute Gasteiger partial charge is 0.313 e. The van der Waals surface area contributed by atoms with Crippen LogP contribution in [0, 0.1) is 11.8 Å². The summed E-state index contributed by atoms with van der Waals surface area (Å²) >= 11 is 0. The average Bonchev–Trinajstić information content (AvgIpc) is 2.17. The van der Waals surface area contributed by atoms with Gasteiger partial charge < -0.3 is 10.2 Å². The summed E-state index contributed by atoms with van der Waals surface area (Å²) in [5.74, 6) is 1.64. The maximum absolute atomic E-state index is 3.60. The van der Waals surface area contributed by atoms with Gasteiger partial charge in [0, 0.05) is 25.7 Å². The molecule has 15 heavy (non-hydrogen) atoms. The summed E-state index contributed by atoms with van der Waals surface area (Å²) < 4.78 is 0. The van der Waals surface area contributed by atoms with E-state index >= 15 is 0 Å². The Morgan fingerprint density at radius 1 is 1.33 bits per heavy atom. The van der Waals surface area contributed by atoms with E-state index in [1.165, 1.54) is 32.5 Å². The fraction of sp³-hybridized carbons (Fsp3) is 1.00. The number of hydrogen-bond acceptors (Lipinski definition) is 2. The van der Waals surface area contributed by atoms with E-state index in [1.807, 2.05) is 0 Å². The smallest absolute Gasteiger partial charge is 0.0107 e. The molecule has 0 amide bonds. The second-order valence-electron chi connectivity index (χ2n) is 5.53. The van der Waals surface area contributed by atoms with Gasteiger partial charge in [-0.1, -0.05) is 20.8 Å². The van der Waals surface area contributed by atoms with E-state index in [1.54, 1.807) is 0 Å². The first kappa shape index (κ1) is 13.0. The highest BCUT2D eigenvalue weighted by Gasteiger charge is 2.15. The predicted octanol–water partition coefficient (Wildman–Crippen LogP) is 2.35. The van der Waals surface area contributed by atoms with Crippen molar-refractivity contribution in [2.45, 2.75) is 46.6 Å². The molecule has 2 heteroatoms. The van der Waals surface area contributed by atoms with Crippen molar-refractivity contribution in [1.82, 2.24) is 10.2 Å². The van der Waals surface area contributed by atoms with Gasteiger partial charge in [0.2, 0.25) is 0 Å². The zero-order chi connectivity index (χ0) is 11.3. The molecule has 0 saturated carbocycles. The van der Waals surface area contributed by atoms with E-state index in [4.69, 9.17) is 0 Å². The van der Waals surface area contributed by atoms with Crippen molar-refractivity contribution in [3.8, 4) is 0 Å². The van der Waals surface area contributed by atoms with E-state index < -0.39 is 0 Å². The van der Waals surface area contributed by atoms with Crippen molar-refractivity contribution in [2.75, 3.05) is 26.2 Å². The Labute approximate surface area is 95.4 Å². The maximum Gasteiger partial charge on any atom is 0.0107 e. The molecular formula is C13H28N2. The molecule has 0 spiro atoms. The van der Waals surface area contributed by atoms with Crippen LogP contribution in [-0.2, 0) is 0 Å². The first-order valence-electron chi connectivity index (χ1n) is 6.55. The predicted molar refractivity (Wildman–Crippen MR) is 67.1 cm³/mol. The average molecular weight is 212 g/mol. The lowest BCUT2D eigenvalue weighted by Crippen LogP contribution is -2.41. The van der Waals surface area contributed by atoms with E-state index in [0.717, 1.165) is 18.4 Å². The highest BCUT2D eigenvalue weighted by molar-refractivity contribution is 4.72. The molecule has 1 saturated heterocycles. The van der Waals surface area contributed by atoms with E-state index in [0.29, 0.717) is 6.04 Å². The molecule has 0 aromatic carbocycles. The van der Waals surface area contributed by atoms with E-state index in [-0.39, 0.29) is 0 Å². The minimum Gasteiger partial charge on any atom is -0.313 e. The fourth-order valence-corrected chi connectivity index (χ4v) is 2.18. The molecule has 1 heterocycles. The normalized spacial score (nSPS) is 25.8. The van der Waals surface area contributed by atoms with Crippen LogP contribution >= 0.6 is 0 Å². The van der Waals surface area contributed by atoms with Crippen LogP contribution in [0.4, 0.5) is 0 Å². The SMILES string of the molecule is CC1CCCN(CCNC(C)C(C)C)C1. The van der Waals surface area contributed by atoms with Gasteiger partial charge in [-0.2, -0.15) is 0 Å². The Hall–Kier alpha value is -0.0800. The lowest BCUT2D eigenvalue weighted by Gasteiger charge is -2.31. The van der Waals surface area contributed by atoms with E-state index in [9.17, 15) is 0 Å². The highest BCUT2D eigenvalue weighted by Crippen LogP contribution is 2.14. The van der Waals surface area contributed by atoms with Crippen LogP contribution in [0.2, 0.25) is 0 Å². The zero-order valence-corrected chi connectivity index (χ0v) is 10.9. The van der Waals surface area contributed by atoms with E-state index in [2.05, 4.69) is 37.9 Å². The third-order valence-electron chi connectivity index (χ3n) is 3.64. The van der Waals surface area contributed by atoms with Gasteiger partial charge in [0.05, 0.1) is 0 Å². The monoisotopic (exact) mass is 212 g/mol. The molecule has 2 unspecified atom stereocenters. The Morgan fingerprint density at radius 3 is 2.67 bits per heavy atom. The van der Waals surface area contributed by atoms with Crippen molar-refractivity contribution in [2.24, 2.45) is 11.8 Å². The van der Waals surface area contributed by atoms with Gasteiger partial charge in [0.15, 0.2) is 0 Å². The number of hydrogen-bond donors (Lipinski definition) is 1. The molecule has 1 fully saturated rings. The second-order valence-corrected chi connectivity index (χ2v) is 5.53. The van der Waals surface area contributed by atoms with Crippen molar-refractivity contribution in [3.05, 3.63) is 0 Å². The second kappa shape index (κ2) is 6.49. The molecular weight excluding hydrogens is 184 g/mol. The van der Waals surface area contributed by atoms with Gasteiger partial charge in [0.1, 0.15) is 0 Å². The summed E-state index contributed by atoms with van der Waals surface area (Å²) in [6.07, 6.45) is 2.81. The molecule has 2 atom stereocenters. The number of likely N-dealkylation sites (tertiary alicyclic amines) is 1. The quantitative estimate of drug-likeness (QED) is 0.752. The standard InChI is InChI=1S/C13H28N2/c1-11(2)13(4)14-7-9-15-8-5-6-12(3)10-15/h11-14H,5-10H2,1-4H3. The fourth-order valence-electron chi connectivity index (χ4n) is 2.18. The number of rotatable bonds is 5. The van der Waals surface area contributed by atoms with Gasteiger partial charge in [-0.15, -0.1) is 0 Å². The first-order valence-corrected chi connectivity index (χ1v) is 6.55. The van der Waals surface area contributed by atoms with Crippen molar-refractivity contribution in [3.63, 3.8) is 0 Å². The van der Waals surface area contributed by atoms with Gasteiger partial charge in [-0.05, 0) is 38.1 Å². The van der Waals surface area contributed by atoms with Crippen LogP contribution in [0.3, 0.4) is 0 Å². The Balaban J connectivity index is 2.09. The van der Waals surface area contributed by atoms with Crippen molar-refractivity contribution < 1.29 is 0 Å². The summed E-state index contributed by atoms with van der Waals surface area (Å²) in [5.41, 5.74) is 0. The van der Waals surface area contributed by atoms with Crippen molar-refractivity contribution in [1.29, 1.82) is 0 Å². The summed E-state index contributed by atoms with van der Waals surface area (Å²) in [5, 5.41) is 3.60. The minimum absolute atomic E-state index is 0.646. The van der Waals surface area contributed by atoms with Crippen LogP contribution in [-0.4, -0.2) is 37.1 Å². The summed E-state index contributed by atoms with van der Waals surface area (Å²) in [4.78, 5) is 2.61. The molecule has 1 rings (SSSR count). The summed E-state index contributed by atoms with van der Waals surface area (Å²) in [6.45, 7) is 14.2. The number of nitrogens with one attached hydrogen (secondary N) is 1. The van der Waals surface area contributed by atoms with Gasteiger partial charge in [0.25, 0.3) is 0 Å². The number of nitrogens with zero attached hydrogens (tertiary/aromatic N) is 1. The Kier molecular flexibility index (Phi) is 5.62. The highest BCUT2D eigenvalue weighted by atomic mass is 15.1. The molecule has 0 bridgehead atoms. The summed E-state index contributed by atoms with van der Waals surface area (Å²) in [6, 6.07) is 0.646. The summed E-state index contributed by atoms with van der Waals surface area (Å²) in [7, 11) is 0. The van der Waals surface area contributed by atoms with Crippen molar-refractivity contribution >= 4 is 0 Å². The van der Waals surface area contributed by atoms with Crippen LogP contribution < -0.4 is 5.32 Å². The third-order valence-corrected chi connectivity index (χ3v) is 3.64. The van der Waals surface area contributed by atoms with Gasteiger partial charge in [-0.25, -0.2) is 0 Å². The molecule has 1 N–H and O–H groups in total. The minimum atomic E-state index is 0.646. The molecule has 0 aromatic rings.